The van der Waals surface area contributed by atoms with Crippen molar-refractivity contribution < 1.29 is 18.0 Å². The fourth-order valence-electron chi connectivity index (χ4n) is 1.87. The number of benzene rings is 2. The van der Waals surface area contributed by atoms with Gasteiger partial charge in [-0.3, -0.25) is 0 Å². The van der Waals surface area contributed by atoms with E-state index in [1.165, 1.54) is 0 Å². The van der Waals surface area contributed by atoms with Crippen LogP contribution in [0.25, 0.3) is 0 Å². The summed E-state index contributed by atoms with van der Waals surface area (Å²) in [6, 6.07) is 9.27. The molecule has 0 fully saturated rings. The number of carbonyl (C=O) groups excluding carboxylic acids is 1. The van der Waals surface area contributed by atoms with Gasteiger partial charge in [-0.2, -0.15) is 0 Å². The highest BCUT2D eigenvalue weighted by Crippen LogP contribution is 2.28. The Hall–Kier alpha value is -1.45. The van der Waals surface area contributed by atoms with Crippen molar-refractivity contribution in [2.75, 3.05) is 0 Å². The number of nitrogens with two attached hydrogens (primary N) is 1. The lowest BCUT2D eigenvalue weighted by Gasteiger charge is -2.07. The fraction of sp³-hybridized carbons (Fsp3) is 0.0667. The molecule has 2 aromatic carbocycles. The summed E-state index contributed by atoms with van der Waals surface area (Å²) in [5.74, 6) is -0.946. The molecule has 0 aromatic heterocycles. The molecule has 0 radical (unpaired) electrons. The van der Waals surface area contributed by atoms with Crippen LogP contribution in [0.5, 0.6) is 0 Å². The van der Waals surface area contributed by atoms with Crippen LogP contribution in [0.2, 0.25) is 10.0 Å². The number of nitrogens with zero attached hydrogens (tertiary/aromatic N) is 1. The minimum Gasteiger partial charge on any atom is -0.312 e. The molecule has 0 saturated carbocycles. The van der Waals surface area contributed by atoms with Crippen molar-refractivity contribution in [3.63, 3.8) is 0 Å². The van der Waals surface area contributed by atoms with Crippen molar-refractivity contribution in [3.8, 4) is 0 Å². The van der Waals surface area contributed by atoms with E-state index in [1.54, 1.807) is 19.1 Å². The third-order valence-corrected chi connectivity index (χ3v) is 5.46. The second kappa shape index (κ2) is 7.84. The number of hydrogen-bond acceptors (Lipinski definition) is 5. The maximum absolute atomic E-state index is 12.2. The van der Waals surface area contributed by atoms with Crippen molar-refractivity contribution in [1.82, 2.24) is 0 Å². The number of carbonyl (C=O) groups is 1. The highest BCUT2D eigenvalue weighted by atomic mass is 79.9. The van der Waals surface area contributed by atoms with Gasteiger partial charge in [-0.05, 0) is 25.1 Å². The molecular formula is C15H11BrCl2N2O4S. The Labute approximate surface area is 162 Å². The number of halogens is 3. The van der Waals surface area contributed by atoms with Gasteiger partial charge in [-0.1, -0.05) is 62.5 Å². The highest BCUT2D eigenvalue weighted by Gasteiger charge is 2.21. The molecule has 132 valence electrons. The first kappa shape index (κ1) is 19.9. The Bertz CT molecular complexity index is 977. The lowest BCUT2D eigenvalue weighted by atomic mass is 10.1. The minimum atomic E-state index is -4.13. The van der Waals surface area contributed by atoms with Crippen molar-refractivity contribution >= 4 is 60.8 Å². The number of rotatable bonds is 4. The molecule has 0 atom stereocenters. The predicted molar refractivity (Wildman–Crippen MR) is 99.6 cm³/mol. The molecule has 6 nitrogen and oxygen atoms in total. The summed E-state index contributed by atoms with van der Waals surface area (Å²) in [6.07, 6.45) is 0. The van der Waals surface area contributed by atoms with Crippen LogP contribution in [-0.2, 0) is 14.9 Å². The molecule has 0 saturated heterocycles. The smallest absolute Gasteiger partial charge is 0.312 e. The van der Waals surface area contributed by atoms with Crippen molar-refractivity contribution in [2.45, 2.75) is 11.8 Å². The monoisotopic (exact) mass is 464 g/mol. The molecule has 0 unspecified atom stereocenters. The first-order valence-electron chi connectivity index (χ1n) is 6.64. The van der Waals surface area contributed by atoms with Crippen LogP contribution in [0.15, 0.2) is 50.9 Å². The predicted octanol–water partition coefficient (Wildman–Crippen LogP) is 3.98. The van der Waals surface area contributed by atoms with E-state index < -0.39 is 20.9 Å². The fourth-order valence-corrected chi connectivity index (χ4v) is 3.83. The molecule has 2 aromatic rings. The van der Waals surface area contributed by atoms with Crippen molar-refractivity contribution in [1.29, 1.82) is 0 Å². The van der Waals surface area contributed by atoms with Gasteiger partial charge in [-0.25, -0.2) is 18.4 Å². The Kier molecular flexibility index (Phi) is 6.23. The molecule has 0 amide bonds. The maximum Gasteiger partial charge on any atom is 0.367 e. The zero-order valence-corrected chi connectivity index (χ0v) is 16.6. The second-order valence-corrected chi connectivity index (χ2v) is 8.04. The van der Waals surface area contributed by atoms with E-state index in [4.69, 9.17) is 33.2 Å². The first-order valence-corrected chi connectivity index (χ1v) is 9.73. The third kappa shape index (κ3) is 4.80. The van der Waals surface area contributed by atoms with Gasteiger partial charge in [0.25, 0.3) is 0 Å². The summed E-state index contributed by atoms with van der Waals surface area (Å²) in [4.78, 5) is 16.6. The summed E-state index contributed by atoms with van der Waals surface area (Å²) >= 11 is 15.1. The van der Waals surface area contributed by atoms with E-state index in [-0.39, 0.29) is 15.6 Å². The van der Waals surface area contributed by atoms with Crippen LogP contribution in [0.4, 0.5) is 0 Å². The van der Waals surface area contributed by atoms with Crippen LogP contribution in [-0.4, -0.2) is 20.1 Å². The summed E-state index contributed by atoms with van der Waals surface area (Å²) in [7, 11) is -4.13. The van der Waals surface area contributed by atoms with E-state index in [1.807, 2.05) is 12.1 Å². The van der Waals surface area contributed by atoms with Gasteiger partial charge in [0.05, 0.1) is 21.3 Å². The van der Waals surface area contributed by atoms with Gasteiger partial charge in [0.2, 0.25) is 10.0 Å². The maximum atomic E-state index is 12.2. The Balaban J connectivity index is 2.33. The van der Waals surface area contributed by atoms with Crippen molar-refractivity contribution in [2.24, 2.45) is 10.3 Å². The SMILES string of the molecule is C/C(=N\OC(=O)c1cc(S(N)(=O)=O)c(Cl)cc1Cl)c1ccccc1Br. The topological polar surface area (TPSA) is 98.8 Å². The summed E-state index contributed by atoms with van der Waals surface area (Å²) in [6.45, 7) is 1.65. The van der Waals surface area contributed by atoms with E-state index in [0.717, 1.165) is 22.2 Å². The van der Waals surface area contributed by atoms with Gasteiger partial charge in [0, 0.05) is 10.0 Å². The zero-order chi connectivity index (χ0) is 18.8. The van der Waals surface area contributed by atoms with E-state index in [9.17, 15) is 13.2 Å². The molecule has 0 aliphatic carbocycles. The van der Waals surface area contributed by atoms with Crippen molar-refractivity contribution in [3.05, 3.63) is 62.0 Å². The van der Waals surface area contributed by atoms with Gasteiger partial charge in [0.15, 0.2) is 0 Å². The molecule has 0 heterocycles. The molecule has 10 heteroatoms. The molecule has 0 aliphatic rings. The molecule has 25 heavy (non-hydrogen) atoms. The summed E-state index contributed by atoms with van der Waals surface area (Å²) < 4.78 is 23.8. The molecule has 0 spiro atoms. The van der Waals surface area contributed by atoms with Gasteiger partial charge in [0.1, 0.15) is 4.90 Å². The van der Waals surface area contributed by atoms with E-state index in [0.29, 0.717) is 5.71 Å². The van der Waals surface area contributed by atoms with E-state index >= 15 is 0 Å². The van der Waals surface area contributed by atoms with Crippen LogP contribution >= 0.6 is 39.1 Å². The van der Waals surface area contributed by atoms with Crippen LogP contribution < -0.4 is 5.14 Å². The molecule has 2 N–H and O–H groups in total. The third-order valence-electron chi connectivity index (χ3n) is 3.08. The highest BCUT2D eigenvalue weighted by molar-refractivity contribution is 9.10. The first-order chi connectivity index (χ1) is 11.6. The average Bonchev–Trinajstić information content (AvgIpc) is 2.51. The number of sulfonamides is 1. The van der Waals surface area contributed by atoms with Crippen LogP contribution in [0.1, 0.15) is 22.8 Å². The Morgan fingerprint density at radius 3 is 2.40 bits per heavy atom. The second-order valence-electron chi connectivity index (χ2n) is 4.84. The van der Waals surface area contributed by atoms with Gasteiger partial charge >= 0.3 is 5.97 Å². The largest absolute Gasteiger partial charge is 0.367 e. The summed E-state index contributed by atoms with van der Waals surface area (Å²) in [5.41, 5.74) is 0.930. The average molecular weight is 466 g/mol. The number of oxime groups is 1. The number of primary sulfonamides is 1. The lowest BCUT2D eigenvalue weighted by Crippen LogP contribution is -2.14. The number of hydrogen-bond donors (Lipinski definition) is 1. The van der Waals surface area contributed by atoms with E-state index in [2.05, 4.69) is 21.1 Å². The standard InChI is InChI=1S/C15H11BrCl2N2O4S/c1-8(9-4-2-3-5-11(9)16)20-24-15(21)10-6-14(25(19,22)23)13(18)7-12(10)17/h2-7H,1H3,(H2,19,22,23)/b20-8+. The normalized spacial score (nSPS) is 12.1. The van der Waals surface area contributed by atoms with Gasteiger partial charge < -0.3 is 4.84 Å². The Morgan fingerprint density at radius 2 is 1.80 bits per heavy atom. The molecular weight excluding hydrogens is 455 g/mol. The molecule has 0 aliphatic heterocycles. The van der Waals surface area contributed by atoms with Crippen LogP contribution in [0, 0.1) is 0 Å². The summed E-state index contributed by atoms with van der Waals surface area (Å²) in [5, 5.41) is 8.52. The van der Waals surface area contributed by atoms with Gasteiger partial charge in [-0.15, -0.1) is 0 Å². The van der Waals surface area contributed by atoms with Crippen LogP contribution in [0.3, 0.4) is 0 Å². The Morgan fingerprint density at radius 1 is 1.16 bits per heavy atom. The molecule has 2 rings (SSSR count). The molecule has 0 bridgehead atoms. The minimum absolute atomic E-state index is 0.0869. The quantitative estimate of drug-likeness (QED) is 0.419. The zero-order valence-electron chi connectivity index (χ0n) is 12.7. The lowest BCUT2D eigenvalue weighted by molar-refractivity contribution is 0.0516.